The molecule has 8 heteroatoms. The number of benzene rings is 3. The fourth-order valence-corrected chi connectivity index (χ4v) is 3.70. The maximum atomic E-state index is 13.3. The monoisotopic (exact) mass is 437 g/mol. The van der Waals surface area contributed by atoms with E-state index in [1.54, 1.807) is 61.7 Å². The van der Waals surface area contributed by atoms with Crippen LogP contribution in [0.1, 0.15) is 5.56 Å². The number of carbonyl (C=O) groups excluding carboxylic acids is 2. The average Bonchev–Trinajstić information content (AvgIpc) is 3.02. The molecule has 4 N–H and O–H groups in total. The zero-order chi connectivity index (χ0) is 22.0. The van der Waals surface area contributed by atoms with Crippen LogP contribution in [0.25, 0.3) is 0 Å². The number of ether oxygens (including phenoxy) is 1. The predicted molar refractivity (Wildman–Crippen MR) is 119 cm³/mol. The molecule has 1 aliphatic rings. The summed E-state index contributed by atoms with van der Waals surface area (Å²) in [7, 11) is 1.55. The maximum absolute atomic E-state index is 13.3. The lowest BCUT2D eigenvalue weighted by atomic mass is 9.86. The van der Waals surface area contributed by atoms with Crippen molar-refractivity contribution in [2.24, 2.45) is 0 Å². The molecule has 3 aromatic carbocycles. The Morgan fingerprint density at radius 1 is 1.06 bits per heavy atom. The van der Waals surface area contributed by atoms with E-state index in [1.807, 2.05) is 6.07 Å². The highest BCUT2D eigenvalue weighted by Crippen LogP contribution is 2.41. The Bertz CT molecular complexity index is 1120. The Balaban J connectivity index is 1.74. The van der Waals surface area contributed by atoms with Crippen molar-refractivity contribution in [2.45, 2.75) is 11.6 Å². The molecule has 7 nitrogen and oxygen atoms in total. The normalized spacial score (nSPS) is 18.0. The molecule has 31 heavy (non-hydrogen) atoms. The van der Waals surface area contributed by atoms with Gasteiger partial charge in [-0.3, -0.25) is 9.59 Å². The molecule has 2 unspecified atom stereocenters. The minimum Gasteiger partial charge on any atom is -0.497 e. The molecule has 2 atom stereocenters. The molecule has 0 bridgehead atoms. The van der Waals surface area contributed by atoms with Crippen molar-refractivity contribution in [3.63, 3.8) is 0 Å². The first-order valence-electron chi connectivity index (χ1n) is 9.52. The van der Waals surface area contributed by atoms with Crippen LogP contribution in [-0.2, 0) is 15.2 Å². The van der Waals surface area contributed by atoms with Gasteiger partial charge in [0.05, 0.1) is 7.11 Å². The molecule has 0 radical (unpaired) electrons. The van der Waals surface area contributed by atoms with Gasteiger partial charge in [-0.2, -0.15) is 0 Å². The molecule has 3 aromatic rings. The zero-order valence-corrected chi connectivity index (χ0v) is 17.3. The van der Waals surface area contributed by atoms with Crippen molar-refractivity contribution in [2.75, 3.05) is 23.1 Å². The number of methoxy groups -OCH3 is 1. The van der Waals surface area contributed by atoms with Gasteiger partial charge in [0.15, 0.2) is 5.60 Å². The number of amides is 2. The summed E-state index contributed by atoms with van der Waals surface area (Å²) in [4.78, 5) is 26.2. The van der Waals surface area contributed by atoms with E-state index in [0.717, 1.165) is 0 Å². The third-order valence-corrected chi connectivity index (χ3v) is 5.34. The molecule has 0 saturated carbocycles. The Labute approximate surface area is 184 Å². The van der Waals surface area contributed by atoms with Crippen molar-refractivity contribution in [3.8, 4) is 5.75 Å². The second-order valence-corrected chi connectivity index (χ2v) is 7.51. The van der Waals surface area contributed by atoms with Crippen LogP contribution in [0, 0.1) is 0 Å². The van der Waals surface area contributed by atoms with Crippen LogP contribution in [0.2, 0.25) is 5.02 Å². The molecule has 0 spiro atoms. The SMILES string of the molecule is COc1ccc(NC(C(=O)Nc2ccccc2)C2(O)C(=O)Nc3cc(Cl)ccc32)cc1. The fraction of sp³-hybridized carbons (Fsp3) is 0.130. The van der Waals surface area contributed by atoms with Crippen molar-refractivity contribution in [1.82, 2.24) is 0 Å². The number of hydrogen-bond acceptors (Lipinski definition) is 5. The van der Waals surface area contributed by atoms with Crippen LogP contribution in [0.15, 0.2) is 72.8 Å². The number of para-hydroxylation sites is 1. The van der Waals surface area contributed by atoms with Crippen LogP contribution in [-0.4, -0.2) is 30.1 Å². The Morgan fingerprint density at radius 2 is 1.77 bits per heavy atom. The molecule has 2 amide bonds. The highest BCUT2D eigenvalue weighted by Gasteiger charge is 2.54. The van der Waals surface area contributed by atoms with E-state index in [9.17, 15) is 14.7 Å². The van der Waals surface area contributed by atoms with E-state index < -0.39 is 23.5 Å². The summed E-state index contributed by atoms with van der Waals surface area (Å²) in [6.07, 6.45) is 0. The lowest BCUT2D eigenvalue weighted by Gasteiger charge is -2.31. The van der Waals surface area contributed by atoms with Gasteiger partial charge in [-0.05, 0) is 48.5 Å². The third-order valence-electron chi connectivity index (χ3n) is 5.11. The molecule has 158 valence electrons. The van der Waals surface area contributed by atoms with Crippen molar-refractivity contribution < 1.29 is 19.4 Å². The van der Waals surface area contributed by atoms with Crippen LogP contribution in [0.5, 0.6) is 5.75 Å². The van der Waals surface area contributed by atoms with Gasteiger partial charge in [-0.25, -0.2) is 0 Å². The highest BCUT2D eigenvalue weighted by atomic mass is 35.5. The summed E-state index contributed by atoms with van der Waals surface area (Å²) in [5, 5.41) is 20.4. The van der Waals surface area contributed by atoms with E-state index in [4.69, 9.17) is 16.3 Å². The van der Waals surface area contributed by atoms with Crippen molar-refractivity contribution >= 4 is 40.5 Å². The quantitative estimate of drug-likeness (QED) is 0.472. The number of anilines is 3. The number of aliphatic hydroxyl groups is 1. The smallest absolute Gasteiger partial charge is 0.263 e. The molecule has 0 fully saturated rings. The van der Waals surface area contributed by atoms with E-state index in [1.165, 1.54) is 12.1 Å². The molecule has 4 rings (SSSR count). The number of carbonyl (C=O) groups is 2. The van der Waals surface area contributed by atoms with Gasteiger partial charge in [-0.1, -0.05) is 35.9 Å². The van der Waals surface area contributed by atoms with Crippen LogP contribution in [0.3, 0.4) is 0 Å². The second kappa shape index (κ2) is 8.29. The molecule has 0 aromatic heterocycles. The third kappa shape index (κ3) is 3.93. The number of halogens is 1. The molecule has 0 aliphatic carbocycles. The standard InChI is InChI=1S/C23H20ClN3O4/c1-31-17-10-8-16(9-11-17)25-20(21(28)26-15-5-3-2-4-6-15)23(30)18-12-7-14(24)13-19(18)27-22(23)29/h2-13,20,25,30H,1H3,(H,26,28)(H,27,29). The zero-order valence-electron chi connectivity index (χ0n) is 16.6. The maximum Gasteiger partial charge on any atom is 0.263 e. The van der Waals surface area contributed by atoms with Crippen LogP contribution < -0.4 is 20.7 Å². The van der Waals surface area contributed by atoms with E-state index >= 15 is 0 Å². The number of fused-ring (bicyclic) bond motifs is 1. The van der Waals surface area contributed by atoms with Crippen LogP contribution >= 0.6 is 11.6 Å². The molecular formula is C23H20ClN3O4. The summed E-state index contributed by atoms with van der Waals surface area (Å²) < 4.78 is 5.16. The Hall–Kier alpha value is -3.55. The van der Waals surface area contributed by atoms with Gasteiger partial charge >= 0.3 is 0 Å². The van der Waals surface area contributed by atoms with Crippen LogP contribution in [0.4, 0.5) is 17.1 Å². The van der Waals surface area contributed by atoms with Gasteiger partial charge in [-0.15, -0.1) is 0 Å². The number of hydrogen-bond donors (Lipinski definition) is 4. The summed E-state index contributed by atoms with van der Waals surface area (Å²) in [5.41, 5.74) is -0.492. The predicted octanol–water partition coefficient (Wildman–Crippen LogP) is 3.61. The van der Waals surface area contributed by atoms with Gasteiger partial charge < -0.3 is 25.8 Å². The Morgan fingerprint density at radius 3 is 2.45 bits per heavy atom. The lowest BCUT2D eigenvalue weighted by Crippen LogP contribution is -2.55. The number of rotatable bonds is 6. The summed E-state index contributed by atoms with van der Waals surface area (Å²) in [6.45, 7) is 0. The summed E-state index contributed by atoms with van der Waals surface area (Å²) in [5.74, 6) is -0.672. The fourth-order valence-electron chi connectivity index (χ4n) is 3.53. The minimum atomic E-state index is -2.17. The van der Waals surface area contributed by atoms with Crippen molar-refractivity contribution in [1.29, 1.82) is 0 Å². The summed E-state index contributed by atoms with van der Waals surface area (Å²) in [6, 6.07) is 18.9. The second-order valence-electron chi connectivity index (χ2n) is 7.07. The Kier molecular flexibility index (Phi) is 5.54. The van der Waals surface area contributed by atoms with Gasteiger partial charge in [0.2, 0.25) is 0 Å². The molecular weight excluding hydrogens is 418 g/mol. The first kappa shape index (κ1) is 20.7. The largest absolute Gasteiger partial charge is 0.497 e. The van der Waals surface area contributed by atoms with Crippen molar-refractivity contribution in [3.05, 3.63) is 83.4 Å². The number of nitrogens with one attached hydrogen (secondary N) is 3. The first-order valence-corrected chi connectivity index (χ1v) is 9.90. The molecule has 0 saturated heterocycles. The van der Waals surface area contributed by atoms with Gasteiger partial charge in [0, 0.05) is 27.6 Å². The lowest BCUT2D eigenvalue weighted by molar-refractivity contribution is -0.140. The molecule has 1 aliphatic heterocycles. The van der Waals surface area contributed by atoms with E-state index in [2.05, 4.69) is 16.0 Å². The minimum absolute atomic E-state index is 0.260. The average molecular weight is 438 g/mol. The van der Waals surface area contributed by atoms with E-state index in [0.29, 0.717) is 27.8 Å². The topological polar surface area (TPSA) is 99.7 Å². The van der Waals surface area contributed by atoms with Gasteiger partial charge in [0.1, 0.15) is 11.8 Å². The van der Waals surface area contributed by atoms with Gasteiger partial charge in [0.25, 0.3) is 11.8 Å². The molecule has 1 heterocycles. The van der Waals surface area contributed by atoms with E-state index in [-0.39, 0.29) is 5.56 Å². The summed E-state index contributed by atoms with van der Waals surface area (Å²) >= 11 is 6.03. The highest BCUT2D eigenvalue weighted by molar-refractivity contribution is 6.31. The first-order chi connectivity index (χ1) is 14.9.